The van der Waals surface area contributed by atoms with Crippen LogP contribution in [-0.4, -0.2) is 27.4 Å². The van der Waals surface area contributed by atoms with E-state index in [-0.39, 0.29) is 6.61 Å². The molecule has 3 nitrogen and oxygen atoms in total. The van der Waals surface area contributed by atoms with E-state index in [9.17, 15) is 0 Å². The molecule has 1 N–H and O–H groups in total. The lowest BCUT2D eigenvalue weighted by Crippen LogP contribution is -1.90. The van der Waals surface area contributed by atoms with E-state index in [1.165, 1.54) is 11.8 Å². The van der Waals surface area contributed by atoms with Crippen LogP contribution < -0.4 is 0 Å². The monoisotopic (exact) mass is 282 g/mol. The summed E-state index contributed by atoms with van der Waals surface area (Å²) in [6.45, 7) is 0.167. The van der Waals surface area contributed by atoms with Gasteiger partial charge in [0, 0.05) is 21.7 Å². The second-order valence-corrected chi connectivity index (χ2v) is 4.06. The lowest BCUT2D eigenvalue weighted by Gasteiger charge is -1.95. The van der Waals surface area contributed by atoms with Crippen LogP contribution >= 0.6 is 34.4 Å². The van der Waals surface area contributed by atoms with Gasteiger partial charge >= 0.3 is 0 Å². The lowest BCUT2D eigenvalue weighted by atomic mass is 10.7. The van der Waals surface area contributed by atoms with Gasteiger partial charge < -0.3 is 5.11 Å². The second-order valence-electron chi connectivity index (χ2n) is 1.76. The molecule has 60 valence electrons. The van der Waals surface area contributed by atoms with E-state index in [0.717, 1.165) is 8.73 Å². The Kier molecular flexibility index (Phi) is 4.09. The number of thioether (sulfide) groups is 1. The fourth-order valence-electron chi connectivity index (χ4n) is 0.512. The topological polar surface area (TPSA) is 46.0 Å². The Bertz CT molecular complexity index is 216. The smallest absolute Gasteiger partial charge is 0.187 e. The Hall–Kier alpha value is 0.120. The van der Waals surface area contributed by atoms with Gasteiger partial charge in [0.05, 0.1) is 6.61 Å². The molecular weight excluding hydrogens is 275 g/mol. The van der Waals surface area contributed by atoms with Gasteiger partial charge in [-0.3, -0.25) is 0 Å². The van der Waals surface area contributed by atoms with Gasteiger partial charge in [-0.1, -0.05) is 11.8 Å². The van der Waals surface area contributed by atoms with Gasteiger partial charge in [0.1, 0.15) is 0 Å². The molecule has 0 aromatic carbocycles. The Morgan fingerprint density at radius 2 is 2.09 bits per heavy atom. The largest absolute Gasteiger partial charge is 0.396 e. The van der Waals surface area contributed by atoms with Crippen molar-refractivity contribution in [3.63, 3.8) is 0 Å². The zero-order valence-electron chi connectivity index (χ0n) is 5.70. The maximum Gasteiger partial charge on any atom is 0.187 e. The van der Waals surface area contributed by atoms with Gasteiger partial charge in [-0.25, -0.2) is 9.97 Å². The maximum absolute atomic E-state index is 8.50. The summed E-state index contributed by atoms with van der Waals surface area (Å²) in [6.07, 6.45) is 3.51. The van der Waals surface area contributed by atoms with E-state index in [1.807, 2.05) is 0 Å². The molecule has 0 atom stereocenters. The normalized spacial score (nSPS) is 10.0. The summed E-state index contributed by atoms with van der Waals surface area (Å²) in [4.78, 5) is 8.10. The first kappa shape index (κ1) is 9.21. The van der Waals surface area contributed by atoms with Crippen molar-refractivity contribution in [2.24, 2.45) is 0 Å². The van der Waals surface area contributed by atoms with Crippen molar-refractivity contribution < 1.29 is 5.11 Å². The molecule has 1 rings (SSSR count). The van der Waals surface area contributed by atoms with Crippen LogP contribution in [0, 0.1) is 3.57 Å². The fraction of sp³-hybridized carbons (Fsp3) is 0.333. The summed E-state index contributed by atoms with van der Waals surface area (Å²) in [7, 11) is 0. The number of hydrogen-bond donors (Lipinski definition) is 1. The molecule has 1 aromatic rings. The van der Waals surface area contributed by atoms with Gasteiger partial charge in [-0.05, 0) is 22.6 Å². The van der Waals surface area contributed by atoms with Crippen LogP contribution in [0.2, 0.25) is 0 Å². The number of aliphatic hydroxyl groups excluding tert-OH is 1. The molecular formula is C6H7IN2OS. The van der Waals surface area contributed by atoms with Crippen LogP contribution in [0.3, 0.4) is 0 Å². The fourth-order valence-corrected chi connectivity index (χ4v) is 1.32. The first-order valence-electron chi connectivity index (χ1n) is 3.04. The van der Waals surface area contributed by atoms with E-state index >= 15 is 0 Å². The van der Waals surface area contributed by atoms with Crippen molar-refractivity contribution in [2.45, 2.75) is 5.16 Å². The number of aromatic nitrogens is 2. The molecule has 0 aliphatic rings. The Morgan fingerprint density at radius 3 is 2.64 bits per heavy atom. The molecule has 0 unspecified atom stereocenters. The Balaban J connectivity index is 2.52. The molecule has 0 spiro atoms. The molecule has 1 aromatic heterocycles. The van der Waals surface area contributed by atoms with Crippen molar-refractivity contribution in [1.82, 2.24) is 9.97 Å². The third kappa shape index (κ3) is 3.35. The molecule has 0 aliphatic heterocycles. The zero-order chi connectivity index (χ0) is 8.10. The molecule has 0 aliphatic carbocycles. The van der Waals surface area contributed by atoms with Crippen molar-refractivity contribution in [3.8, 4) is 0 Å². The van der Waals surface area contributed by atoms with Crippen LogP contribution in [-0.2, 0) is 0 Å². The highest BCUT2D eigenvalue weighted by Gasteiger charge is 1.94. The highest BCUT2D eigenvalue weighted by molar-refractivity contribution is 14.1. The summed E-state index contributed by atoms with van der Waals surface area (Å²) in [6, 6.07) is 0. The second kappa shape index (κ2) is 4.89. The predicted octanol–water partition coefficient (Wildman–Crippen LogP) is 1.17. The first-order valence-corrected chi connectivity index (χ1v) is 5.10. The molecule has 5 heteroatoms. The van der Waals surface area contributed by atoms with E-state index in [4.69, 9.17) is 5.11 Å². The average molecular weight is 282 g/mol. The van der Waals surface area contributed by atoms with Crippen LogP contribution in [0.25, 0.3) is 0 Å². The van der Waals surface area contributed by atoms with Crippen LogP contribution in [0.15, 0.2) is 17.6 Å². The summed E-state index contributed by atoms with van der Waals surface area (Å²) in [5.74, 6) is 0.653. The minimum Gasteiger partial charge on any atom is -0.396 e. The summed E-state index contributed by atoms with van der Waals surface area (Å²) in [5, 5.41) is 9.23. The summed E-state index contributed by atoms with van der Waals surface area (Å²) >= 11 is 3.60. The number of rotatable bonds is 3. The van der Waals surface area contributed by atoms with Crippen LogP contribution in [0.1, 0.15) is 0 Å². The molecule has 11 heavy (non-hydrogen) atoms. The SMILES string of the molecule is OCCSc1ncc(I)cn1. The van der Waals surface area contributed by atoms with Gasteiger partial charge in [0.25, 0.3) is 0 Å². The Labute approximate surface area is 82.8 Å². The molecule has 0 amide bonds. The Morgan fingerprint density at radius 1 is 1.45 bits per heavy atom. The quantitative estimate of drug-likeness (QED) is 0.513. The highest BCUT2D eigenvalue weighted by atomic mass is 127. The van der Waals surface area contributed by atoms with Gasteiger partial charge in [0.2, 0.25) is 0 Å². The third-order valence-corrected chi connectivity index (χ3v) is 2.33. The molecule has 0 fully saturated rings. The molecule has 1 heterocycles. The van der Waals surface area contributed by atoms with E-state index < -0.39 is 0 Å². The minimum atomic E-state index is 0.167. The van der Waals surface area contributed by atoms with Gasteiger partial charge in [-0.15, -0.1) is 0 Å². The van der Waals surface area contributed by atoms with E-state index in [2.05, 4.69) is 32.6 Å². The maximum atomic E-state index is 8.50. The molecule has 0 bridgehead atoms. The molecule has 0 saturated carbocycles. The number of hydrogen-bond acceptors (Lipinski definition) is 4. The number of nitrogens with zero attached hydrogens (tertiary/aromatic N) is 2. The molecule has 0 saturated heterocycles. The molecule has 0 radical (unpaired) electrons. The lowest BCUT2D eigenvalue weighted by molar-refractivity contribution is 0.322. The average Bonchev–Trinajstić information content (AvgIpc) is 2.04. The highest BCUT2D eigenvalue weighted by Crippen LogP contribution is 2.11. The van der Waals surface area contributed by atoms with Crippen molar-refractivity contribution in [1.29, 1.82) is 0 Å². The van der Waals surface area contributed by atoms with E-state index in [0.29, 0.717) is 5.75 Å². The zero-order valence-corrected chi connectivity index (χ0v) is 8.67. The van der Waals surface area contributed by atoms with Crippen molar-refractivity contribution in [3.05, 3.63) is 16.0 Å². The van der Waals surface area contributed by atoms with Crippen LogP contribution in [0.4, 0.5) is 0 Å². The number of aliphatic hydroxyl groups is 1. The summed E-state index contributed by atoms with van der Waals surface area (Å²) in [5.41, 5.74) is 0. The van der Waals surface area contributed by atoms with Crippen molar-refractivity contribution >= 4 is 34.4 Å². The van der Waals surface area contributed by atoms with Crippen molar-refractivity contribution in [2.75, 3.05) is 12.4 Å². The summed E-state index contributed by atoms with van der Waals surface area (Å²) < 4.78 is 1.02. The van der Waals surface area contributed by atoms with Crippen LogP contribution in [0.5, 0.6) is 0 Å². The van der Waals surface area contributed by atoms with Gasteiger partial charge in [0.15, 0.2) is 5.16 Å². The van der Waals surface area contributed by atoms with Gasteiger partial charge in [-0.2, -0.15) is 0 Å². The number of halogens is 1. The minimum absolute atomic E-state index is 0.167. The standard InChI is InChI=1S/C6H7IN2OS/c7-5-3-8-6(9-4-5)11-2-1-10/h3-4,10H,1-2H2. The predicted molar refractivity (Wildman–Crippen MR) is 52.6 cm³/mol. The third-order valence-electron chi connectivity index (χ3n) is 0.919. The van der Waals surface area contributed by atoms with E-state index in [1.54, 1.807) is 12.4 Å². The first-order chi connectivity index (χ1) is 5.33.